The maximum Gasteiger partial charge on any atom is 0.422 e. The van der Waals surface area contributed by atoms with E-state index in [9.17, 15) is 26.4 Å². The van der Waals surface area contributed by atoms with Crippen LogP contribution in [0.15, 0.2) is 23.1 Å². The molecule has 1 aliphatic heterocycles. The van der Waals surface area contributed by atoms with Crippen LogP contribution in [0.2, 0.25) is 0 Å². The Morgan fingerprint density at radius 1 is 1.12 bits per heavy atom. The van der Waals surface area contributed by atoms with E-state index in [1.165, 1.54) is 17.3 Å². The Morgan fingerprint density at radius 2 is 1.76 bits per heavy atom. The lowest BCUT2D eigenvalue weighted by Crippen LogP contribution is -2.32. The molecule has 1 aromatic carbocycles. The molecule has 1 aliphatic rings. The second-order valence-electron chi connectivity index (χ2n) is 8.56. The number of carbonyl (C=O) groups excluding carboxylic acids is 1. The van der Waals surface area contributed by atoms with Gasteiger partial charge in [0.2, 0.25) is 10.0 Å². The highest BCUT2D eigenvalue weighted by Crippen LogP contribution is 2.31. The van der Waals surface area contributed by atoms with Gasteiger partial charge in [-0.3, -0.25) is 4.79 Å². The van der Waals surface area contributed by atoms with Crippen molar-refractivity contribution in [1.29, 1.82) is 0 Å². The average Bonchev–Trinajstić information content (AvgIpc) is 3.02. The van der Waals surface area contributed by atoms with Crippen LogP contribution in [0.1, 0.15) is 52.9 Å². The molecular weight excluding hydrogens is 461 g/mol. The van der Waals surface area contributed by atoms with Crippen molar-refractivity contribution in [1.82, 2.24) is 4.31 Å². The van der Waals surface area contributed by atoms with Gasteiger partial charge in [0.05, 0.1) is 10.6 Å². The van der Waals surface area contributed by atoms with Crippen LogP contribution in [-0.4, -0.2) is 57.2 Å². The van der Waals surface area contributed by atoms with E-state index in [-0.39, 0.29) is 16.3 Å². The summed E-state index contributed by atoms with van der Waals surface area (Å²) < 4.78 is 76.0. The standard InChI is InChI=1S/C22H33F3N2O5S/c1-16(2)10-13-31-17(3)21(28)26-19-14-18(8-9-20(19)32-15-22(23,24)25)33(29,30)27-11-6-4-5-7-12-27/h8-9,14,16-17H,4-7,10-13,15H2,1-3H3,(H,26,28). The van der Waals surface area contributed by atoms with E-state index in [0.717, 1.165) is 44.2 Å². The smallest absolute Gasteiger partial charge is 0.422 e. The molecule has 188 valence electrons. The second-order valence-corrected chi connectivity index (χ2v) is 10.5. The first-order valence-electron chi connectivity index (χ1n) is 11.2. The zero-order chi connectivity index (χ0) is 24.6. The molecule has 33 heavy (non-hydrogen) atoms. The number of anilines is 1. The van der Waals surface area contributed by atoms with Gasteiger partial charge in [-0.05, 0) is 50.3 Å². The SMILES string of the molecule is CC(C)CCOC(C)C(=O)Nc1cc(S(=O)(=O)N2CCCCCC2)ccc1OCC(F)(F)F. The van der Waals surface area contributed by atoms with Crippen LogP contribution in [0.4, 0.5) is 18.9 Å². The number of sulfonamides is 1. The maximum atomic E-state index is 13.1. The number of carbonyl (C=O) groups is 1. The van der Waals surface area contributed by atoms with Crippen LogP contribution >= 0.6 is 0 Å². The minimum Gasteiger partial charge on any atom is -0.482 e. The van der Waals surface area contributed by atoms with Crippen LogP contribution in [0.3, 0.4) is 0 Å². The molecule has 1 saturated heterocycles. The number of nitrogens with zero attached hydrogens (tertiary/aromatic N) is 1. The molecule has 0 spiro atoms. The van der Waals surface area contributed by atoms with E-state index >= 15 is 0 Å². The first-order chi connectivity index (χ1) is 15.4. The van der Waals surface area contributed by atoms with Gasteiger partial charge >= 0.3 is 6.18 Å². The largest absolute Gasteiger partial charge is 0.482 e. The minimum atomic E-state index is -4.59. The van der Waals surface area contributed by atoms with Gasteiger partial charge in [-0.1, -0.05) is 26.7 Å². The predicted molar refractivity (Wildman–Crippen MR) is 119 cm³/mol. The highest BCUT2D eigenvalue weighted by atomic mass is 32.2. The third kappa shape index (κ3) is 8.78. The molecule has 1 unspecified atom stereocenters. The fraction of sp³-hybridized carbons (Fsp3) is 0.682. The summed E-state index contributed by atoms with van der Waals surface area (Å²) in [7, 11) is -3.87. The summed E-state index contributed by atoms with van der Waals surface area (Å²) in [4.78, 5) is 12.5. The number of amides is 1. The van der Waals surface area contributed by atoms with Gasteiger partial charge in [0, 0.05) is 19.7 Å². The van der Waals surface area contributed by atoms with E-state index in [4.69, 9.17) is 9.47 Å². The number of alkyl halides is 3. The van der Waals surface area contributed by atoms with Gasteiger partial charge in [0.25, 0.3) is 5.91 Å². The highest BCUT2D eigenvalue weighted by molar-refractivity contribution is 7.89. The Hall–Kier alpha value is -1.85. The highest BCUT2D eigenvalue weighted by Gasteiger charge is 2.30. The maximum absolute atomic E-state index is 13.1. The van der Waals surface area contributed by atoms with Gasteiger partial charge in [-0.2, -0.15) is 17.5 Å². The number of halogens is 3. The van der Waals surface area contributed by atoms with Crippen LogP contribution < -0.4 is 10.1 Å². The molecule has 2 rings (SSSR count). The number of benzene rings is 1. The molecule has 7 nitrogen and oxygen atoms in total. The van der Waals surface area contributed by atoms with Crippen molar-refractivity contribution < 1.29 is 35.9 Å². The fourth-order valence-electron chi connectivity index (χ4n) is 3.27. The topological polar surface area (TPSA) is 84.9 Å². The monoisotopic (exact) mass is 494 g/mol. The third-order valence-electron chi connectivity index (χ3n) is 5.24. The van der Waals surface area contributed by atoms with Crippen molar-refractivity contribution in [3.63, 3.8) is 0 Å². The van der Waals surface area contributed by atoms with Crippen LogP contribution in [-0.2, 0) is 19.6 Å². The summed E-state index contributed by atoms with van der Waals surface area (Å²) in [5, 5.41) is 2.47. The van der Waals surface area contributed by atoms with E-state index in [1.807, 2.05) is 13.8 Å². The first-order valence-corrected chi connectivity index (χ1v) is 12.6. The molecule has 0 radical (unpaired) electrons. The fourth-order valence-corrected chi connectivity index (χ4v) is 4.82. The Balaban J connectivity index is 2.26. The summed E-state index contributed by atoms with van der Waals surface area (Å²) in [6, 6.07) is 3.48. The Kier molecular flexibility index (Phi) is 9.99. The number of ether oxygens (including phenoxy) is 2. The summed E-state index contributed by atoms with van der Waals surface area (Å²) >= 11 is 0. The number of hydrogen-bond donors (Lipinski definition) is 1. The normalized spacial score (nSPS) is 16.9. The minimum absolute atomic E-state index is 0.118. The summed E-state index contributed by atoms with van der Waals surface area (Å²) in [5.74, 6) is -0.506. The van der Waals surface area contributed by atoms with Crippen LogP contribution in [0.5, 0.6) is 5.75 Å². The summed E-state index contributed by atoms with van der Waals surface area (Å²) in [6.07, 6.45) is -1.39. The molecule has 1 aromatic rings. The lowest BCUT2D eigenvalue weighted by atomic mass is 10.1. The average molecular weight is 495 g/mol. The zero-order valence-electron chi connectivity index (χ0n) is 19.3. The first kappa shape index (κ1) is 27.4. The molecule has 0 bridgehead atoms. The molecule has 1 atom stereocenters. The van der Waals surface area contributed by atoms with E-state index < -0.39 is 34.8 Å². The molecule has 0 aliphatic carbocycles. The van der Waals surface area contributed by atoms with Gasteiger partial charge in [-0.25, -0.2) is 8.42 Å². The Labute approximate surface area is 193 Å². The molecule has 11 heteroatoms. The van der Waals surface area contributed by atoms with Crippen molar-refractivity contribution in [3.05, 3.63) is 18.2 Å². The molecule has 0 aromatic heterocycles. The third-order valence-corrected chi connectivity index (χ3v) is 7.13. The van der Waals surface area contributed by atoms with Crippen LogP contribution in [0.25, 0.3) is 0 Å². The lowest BCUT2D eigenvalue weighted by Gasteiger charge is -2.22. The van der Waals surface area contributed by atoms with E-state index in [1.54, 1.807) is 0 Å². The predicted octanol–water partition coefficient (Wildman–Crippen LogP) is 4.58. The molecule has 1 amide bonds. The molecule has 0 saturated carbocycles. The van der Waals surface area contributed by atoms with Crippen molar-refractivity contribution in [2.24, 2.45) is 5.92 Å². The summed E-state index contributed by atoms with van der Waals surface area (Å²) in [6.45, 7) is 5.04. The van der Waals surface area contributed by atoms with Crippen molar-refractivity contribution in [2.45, 2.75) is 70.1 Å². The van der Waals surface area contributed by atoms with Gasteiger partial charge in [0.15, 0.2) is 6.61 Å². The van der Waals surface area contributed by atoms with E-state index in [2.05, 4.69) is 5.32 Å². The molecular formula is C22H33F3N2O5S. The second kappa shape index (κ2) is 12.0. The van der Waals surface area contributed by atoms with Crippen molar-refractivity contribution in [3.8, 4) is 5.75 Å². The molecule has 1 heterocycles. The lowest BCUT2D eigenvalue weighted by molar-refractivity contribution is -0.153. The van der Waals surface area contributed by atoms with Gasteiger partial charge < -0.3 is 14.8 Å². The van der Waals surface area contributed by atoms with Gasteiger partial charge in [-0.15, -0.1) is 0 Å². The quantitative estimate of drug-likeness (QED) is 0.515. The number of rotatable bonds is 10. The van der Waals surface area contributed by atoms with Crippen molar-refractivity contribution >= 4 is 21.6 Å². The Bertz CT molecular complexity index is 883. The van der Waals surface area contributed by atoms with Crippen molar-refractivity contribution in [2.75, 3.05) is 31.6 Å². The zero-order valence-corrected chi connectivity index (χ0v) is 20.1. The molecule has 1 N–H and O–H groups in total. The van der Waals surface area contributed by atoms with Crippen LogP contribution in [0, 0.1) is 5.92 Å². The molecule has 1 fully saturated rings. The van der Waals surface area contributed by atoms with Gasteiger partial charge in [0.1, 0.15) is 11.9 Å². The number of hydrogen-bond acceptors (Lipinski definition) is 5. The van der Waals surface area contributed by atoms with E-state index in [0.29, 0.717) is 25.6 Å². The number of nitrogens with one attached hydrogen (secondary N) is 1. The summed E-state index contributed by atoms with van der Waals surface area (Å²) in [5.41, 5.74) is -0.153. The Morgan fingerprint density at radius 3 is 2.33 bits per heavy atom.